The summed E-state index contributed by atoms with van der Waals surface area (Å²) in [7, 11) is 0. The number of quaternary nitrogens is 1. The lowest BCUT2D eigenvalue weighted by atomic mass is 9.49. The first kappa shape index (κ1) is 30.1. The third-order valence-corrected chi connectivity index (χ3v) is 14.4. The van der Waals surface area contributed by atoms with Crippen LogP contribution in [-0.2, 0) is 16.1 Å². The highest BCUT2D eigenvalue weighted by molar-refractivity contribution is 6.02. The Balaban J connectivity index is 1.13. The van der Waals surface area contributed by atoms with Crippen molar-refractivity contribution in [2.75, 3.05) is 13.1 Å². The molecule has 6 bridgehead atoms. The van der Waals surface area contributed by atoms with E-state index < -0.39 is 0 Å². The number of carbonyl (C=O) groups excluding carboxylic acids is 1. The van der Waals surface area contributed by atoms with E-state index in [9.17, 15) is 4.79 Å². The molecule has 5 atom stereocenters. The minimum atomic E-state index is -0.296. The average Bonchev–Trinajstić information content (AvgIpc) is 3.13. The predicted molar refractivity (Wildman–Crippen MR) is 197 cm³/mol. The van der Waals surface area contributed by atoms with E-state index >= 15 is 0 Å². The number of ether oxygens (including phenoxy) is 1. The maximum absolute atomic E-state index is 15.0. The fourth-order valence-electron chi connectivity index (χ4n) is 12.6. The molecule has 0 amide bonds. The van der Waals surface area contributed by atoms with Gasteiger partial charge in [0.1, 0.15) is 12.6 Å². The second-order valence-electron chi connectivity index (χ2n) is 17.0. The number of pyridine rings is 1. The number of benzene rings is 4. The van der Waals surface area contributed by atoms with Crippen molar-refractivity contribution in [2.45, 2.75) is 83.4 Å². The summed E-state index contributed by atoms with van der Waals surface area (Å²) < 4.78 is 8.23. The number of hydrogen-bond acceptors (Lipinski definition) is 3. The summed E-state index contributed by atoms with van der Waals surface area (Å²) in [6, 6.07) is 31.2. The molecule has 3 aliphatic heterocycles. The molecule has 0 unspecified atom stereocenters. The number of esters is 1. The Labute approximate surface area is 290 Å². The van der Waals surface area contributed by atoms with E-state index in [2.05, 4.69) is 91.9 Å². The standard InChI is InChI=1S/C45H49N2O2/c1-2-32-27-47(28-40-36-11-5-3-9-34(36)22-35-10-4-6-12-37(35)40)18-16-33(32)23-42(47)43(39-15-17-46-41-14-8-7-13-38(39)41)49-44(48)45-24-29-19-30(25-45)21-31(20-29)26-45/h3-15,17,22,29-33,42-43H,2,16,18-21,23-28H2,1H3/q+1/t29?,30?,31?,32-,33-,42+,43-,45?,47-/m0/s1. The van der Waals surface area contributed by atoms with E-state index in [1.807, 2.05) is 6.20 Å². The topological polar surface area (TPSA) is 39.2 Å². The minimum Gasteiger partial charge on any atom is -0.451 e. The third-order valence-electron chi connectivity index (χ3n) is 14.4. The van der Waals surface area contributed by atoms with Crippen LogP contribution in [0.5, 0.6) is 0 Å². The Morgan fingerprint density at radius 1 is 0.837 bits per heavy atom. The highest BCUT2D eigenvalue weighted by atomic mass is 16.5. The molecule has 4 aliphatic carbocycles. The van der Waals surface area contributed by atoms with Gasteiger partial charge in [-0.05, 0) is 108 Å². The summed E-state index contributed by atoms with van der Waals surface area (Å²) in [5.41, 5.74) is 3.32. The van der Waals surface area contributed by atoms with Crippen LogP contribution in [-0.4, -0.2) is 34.6 Å². The lowest BCUT2D eigenvalue weighted by Gasteiger charge is -2.59. The van der Waals surface area contributed by atoms with Crippen LogP contribution in [0.25, 0.3) is 32.4 Å². The smallest absolute Gasteiger partial charge is 0.312 e. The number of hydrogen-bond donors (Lipinski definition) is 0. The molecule has 5 aromatic rings. The van der Waals surface area contributed by atoms with E-state index in [0.717, 1.165) is 66.3 Å². The van der Waals surface area contributed by atoms with E-state index in [4.69, 9.17) is 9.72 Å². The van der Waals surface area contributed by atoms with Gasteiger partial charge in [0.15, 0.2) is 6.10 Å². The molecule has 4 heteroatoms. The van der Waals surface area contributed by atoms with Crippen LogP contribution < -0.4 is 0 Å². The summed E-state index contributed by atoms with van der Waals surface area (Å²) in [6.45, 7) is 5.64. The van der Waals surface area contributed by atoms with E-state index in [1.54, 1.807) is 0 Å². The molecule has 0 N–H and O–H groups in total. The highest BCUT2D eigenvalue weighted by Gasteiger charge is 2.59. The van der Waals surface area contributed by atoms with Crippen molar-refractivity contribution in [1.29, 1.82) is 0 Å². The van der Waals surface area contributed by atoms with Gasteiger partial charge in [0.2, 0.25) is 0 Å². The fraction of sp³-hybridized carbons (Fsp3) is 0.467. The predicted octanol–water partition coefficient (Wildman–Crippen LogP) is 10.2. The number of para-hydroxylation sites is 1. The van der Waals surface area contributed by atoms with Crippen molar-refractivity contribution in [1.82, 2.24) is 4.98 Å². The Kier molecular flexibility index (Phi) is 6.99. The van der Waals surface area contributed by atoms with Crippen LogP contribution in [0.1, 0.15) is 81.9 Å². The lowest BCUT2D eigenvalue weighted by molar-refractivity contribution is -0.985. The lowest BCUT2D eigenvalue weighted by Crippen LogP contribution is -2.68. The summed E-state index contributed by atoms with van der Waals surface area (Å²) in [5.74, 6) is 3.60. The highest BCUT2D eigenvalue weighted by Crippen LogP contribution is 2.61. The van der Waals surface area contributed by atoms with E-state index in [0.29, 0.717) is 29.6 Å². The van der Waals surface area contributed by atoms with Gasteiger partial charge in [0.25, 0.3) is 0 Å². The average molecular weight is 650 g/mol. The summed E-state index contributed by atoms with van der Waals surface area (Å²) in [4.78, 5) is 19.7. The van der Waals surface area contributed by atoms with Crippen LogP contribution in [0.4, 0.5) is 0 Å². The molecule has 3 saturated heterocycles. The summed E-state index contributed by atoms with van der Waals surface area (Å²) in [6.07, 6.45) is 12.3. The van der Waals surface area contributed by atoms with Crippen molar-refractivity contribution >= 4 is 38.4 Å². The van der Waals surface area contributed by atoms with E-state index in [1.165, 1.54) is 59.2 Å². The van der Waals surface area contributed by atoms with Crippen LogP contribution in [0.3, 0.4) is 0 Å². The molecule has 250 valence electrons. The number of nitrogens with zero attached hydrogens (tertiary/aromatic N) is 2. The molecule has 4 nitrogen and oxygen atoms in total. The van der Waals surface area contributed by atoms with Crippen molar-refractivity contribution in [3.63, 3.8) is 0 Å². The van der Waals surface area contributed by atoms with Gasteiger partial charge in [-0.1, -0.05) is 73.7 Å². The molecule has 0 spiro atoms. The van der Waals surface area contributed by atoms with Crippen molar-refractivity contribution in [2.24, 2.45) is 35.0 Å². The molecule has 4 heterocycles. The Morgan fingerprint density at radius 3 is 2.14 bits per heavy atom. The van der Waals surface area contributed by atoms with Crippen molar-refractivity contribution < 1.29 is 14.0 Å². The molecule has 7 aliphatic rings. The second kappa shape index (κ2) is 11.4. The number of piperidine rings is 3. The van der Waals surface area contributed by atoms with Crippen LogP contribution >= 0.6 is 0 Å². The zero-order valence-corrected chi connectivity index (χ0v) is 28.9. The molecular weight excluding hydrogens is 601 g/mol. The number of fused-ring (bicyclic) bond motifs is 6. The summed E-state index contributed by atoms with van der Waals surface area (Å²) in [5, 5.41) is 6.50. The zero-order valence-electron chi connectivity index (χ0n) is 28.9. The van der Waals surface area contributed by atoms with Crippen LogP contribution in [0.2, 0.25) is 0 Å². The van der Waals surface area contributed by atoms with Gasteiger partial charge in [-0.15, -0.1) is 0 Å². The monoisotopic (exact) mass is 649 g/mol. The van der Waals surface area contributed by atoms with Gasteiger partial charge >= 0.3 is 5.97 Å². The maximum atomic E-state index is 15.0. The van der Waals surface area contributed by atoms with Crippen LogP contribution in [0, 0.1) is 35.0 Å². The molecule has 4 aromatic carbocycles. The largest absolute Gasteiger partial charge is 0.451 e. The fourth-order valence-corrected chi connectivity index (χ4v) is 12.6. The molecule has 4 saturated carbocycles. The van der Waals surface area contributed by atoms with Gasteiger partial charge in [-0.25, -0.2) is 0 Å². The molecular formula is C45H49N2O2+. The Hall–Kier alpha value is -3.76. The Morgan fingerprint density at radius 2 is 1.47 bits per heavy atom. The molecule has 12 rings (SSSR count). The normalized spacial score (nSPS) is 33.7. The van der Waals surface area contributed by atoms with Gasteiger partial charge < -0.3 is 9.22 Å². The second-order valence-corrected chi connectivity index (χ2v) is 17.0. The summed E-state index contributed by atoms with van der Waals surface area (Å²) >= 11 is 0. The first-order chi connectivity index (χ1) is 24.0. The van der Waals surface area contributed by atoms with Gasteiger partial charge in [-0.3, -0.25) is 9.78 Å². The zero-order chi connectivity index (χ0) is 32.7. The van der Waals surface area contributed by atoms with Crippen molar-refractivity contribution in [3.05, 3.63) is 102 Å². The quantitative estimate of drug-likeness (QED) is 0.100. The van der Waals surface area contributed by atoms with Gasteiger partial charge in [0.05, 0.1) is 24.0 Å². The Bertz CT molecular complexity index is 1990. The number of rotatable bonds is 7. The first-order valence-electron chi connectivity index (χ1n) is 19.3. The molecule has 7 fully saturated rings. The molecule has 49 heavy (non-hydrogen) atoms. The number of aromatic nitrogens is 1. The van der Waals surface area contributed by atoms with Crippen LogP contribution in [0.15, 0.2) is 91.1 Å². The minimum absolute atomic E-state index is 0.112. The van der Waals surface area contributed by atoms with E-state index in [-0.39, 0.29) is 23.5 Å². The third kappa shape index (κ3) is 4.80. The van der Waals surface area contributed by atoms with Gasteiger partial charge in [-0.2, -0.15) is 0 Å². The first-order valence-corrected chi connectivity index (χ1v) is 19.3. The van der Waals surface area contributed by atoms with Gasteiger partial charge in [0, 0.05) is 41.5 Å². The van der Waals surface area contributed by atoms with Crippen molar-refractivity contribution in [3.8, 4) is 0 Å². The SMILES string of the molecule is CC[C@H]1C[N@+]2(Cc3c4ccccc4cc4ccccc34)CC[C@H]1C[C@@H]2[C@@H](OC(=O)C12CC3CC(CC(C3)C1)C2)c1ccnc2ccccc12. The maximum Gasteiger partial charge on any atom is 0.312 e. The molecule has 0 radical (unpaired) electrons. The molecule has 1 aromatic heterocycles. The number of carbonyl (C=O) groups is 1.